The number of rotatable bonds is 6. The van der Waals surface area contributed by atoms with Crippen LogP contribution >= 0.6 is 0 Å². The maximum absolute atomic E-state index is 14.2. The quantitative estimate of drug-likeness (QED) is 0.570. The van der Waals surface area contributed by atoms with Gasteiger partial charge in [-0.25, -0.2) is 0 Å². The Morgan fingerprint density at radius 3 is 2.28 bits per heavy atom. The van der Waals surface area contributed by atoms with Crippen molar-refractivity contribution in [1.29, 1.82) is 0 Å². The summed E-state index contributed by atoms with van der Waals surface area (Å²) in [5.41, 5.74) is 1.05. The SMILES string of the molecule is CC(C)(C)c1ccc(N(C(=O)[C@H]2C[C@@H](O)CN2)C(C)(C(=O)NC2CCCCC2)c2cccnc2)cc1. The maximum Gasteiger partial charge on any atom is 0.251 e. The Kier molecular flexibility index (Phi) is 7.81. The van der Waals surface area contributed by atoms with E-state index >= 15 is 0 Å². The lowest BCUT2D eigenvalue weighted by Gasteiger charge is -2.42. The van der Waals surface area contributed by atoms with Gasteiger partial charge in [0.15, 0.2) is 5.54 Å². The number of benzene rings is 1. The number of pyridine rings is 1. The number of aromatic nitrogens is 1. The molecule has 0 radical (unpaired) electrons. The van der Waals surface area contributed by atoms with Crippen molar-refractivity contribution >= 4 is 17.5 Å². The molecule has 1 unspecified atom stereocenters. The number of nitrogens with zero attached hydrogens (tertiary/aromatic N) is 2. The predicted molar refractivity (Wildman–Crippen MR) is 142 cm³/mol. The summed E-state index contributed by atoms with van der Waals surface area (Å²) in [4.78, 5) is 34.2. The molecule has 1 aliphatic heterocycles. The van der Waals surface area contributed by atoms with E-state index in [0.29, 0.717) is 24.2 Å². The van der Waals surface area contributed by atoms with Crippen LogP contribution in [0.2, 0.25) is 0 Å². The highest BCUT2D eigenvalue weighted by Gasteiger charge is 2.48. The van der Waals surface area contributed by atoms with Crippen LogP contribution in [0.25, 0.3) is 0 Å². The van der Waals surface area contributed by atoms with E-state index in [2.05, 4.69) is 36.4 Å². The van der Waals surface area contributed by atoms with Crippen LogP contribution in [-0.2, 0) is 20.5 Å². The topological polar surface area (TPSA) is 94.6 Å². The lowest BCUT2D eigenvalue weighted by molar-refractivity contribution is -0.131. The number of hydrogen-bond donors (Lipinski definition) is 3. The lowest BCUT2D eigenvalue weighted by atomic mass is 9.85. The molecule has 2 aliphatic rings. The van der Waals surface area contributed by atoms with Gasteiger partial charge >= 0.3 is 0 Å². The van der Waals surface area contributed by atoms with E-state index in [-0.39, 0.29) is 23.3 Å². The molecule has 1 saturated heterocycles. The molecule has 7 heteroatoms. The van der Waals surface area contributed by atoms with Crippen molar-refractivity contribution in [3.63, 3.8) is 0 Å². The summed E-state index contributed by atoms with van der Waals surface area (Å²) in [6.07, 6.45) is 8.31. The zero-order valence-corrected chi connectivity index (χ0v) is 22.0. The standard InChI is InChI=1S/C29H40N4O3/c1-28(2,3)20-12-14-23(15-13-20)33(26(35)25-17-24(34)19-31-25)29(4,21-9-8-16-30-18-21)27(36)32-22-10-6-5-7-11-22/h8-9,12-16,18,22,24-25,31,34H,5-7,10-11,17,19H2,1-4H3,(H,32,36)/t24-,25-,29?/m1/s1. The molecule has 1 aliphatic carbocycles. The number of amides is 2. The molecule has 2 heterocycles. The highest BCUT2D eigenvalue weighted by atomic mass is 16.3. The highest BCUT2D eigenvalue weighted by molar-refractivity contribution is 6.06. The molecule has 1 aromatic heterocycles. The molecule has 1 saturated carbocycles. The van der Waals surface area contributed by atoms with Crippen molar-refractivity contribution in [3.05, 3.63) is 59.9 Å². The fraction of sp³-hybridized carbons (Fsp3) is 0.552. The first-order valence-corrected chi connectivity index (χ1v) is 13.2. The van der Waals surface area contributed by atoms with Crippen LogP contribution in [0.4, 0.5) is 5.69 Å². The Morgan fingerprint density at radius 2 is 1.72 bits per heavy atom. The van der Waals surface area contributed by atoms with E-state index in [1.807, 2.05) is 37.3 Å². The fourth-order valence-electron chi connectivity index (χ4n) is 5.36. The van der Waals surface area contributed by atoms with Crippen LogP contribution in [0.1, 0.15) is 77.3 Å². The summed E-state index contributed by atoms with van der Waals surface area (Å²) in [5, 5.41) is 16.6. The Hall–Kier alpha value is -2.77. The van der Waals surface area contributed by atoms with Crippen LogP contribution in [0.5, 0.6) is 0 Å². The molecule has 4 rings (SSSR count). The molecular formula is C29H40N4O3. The number of anilines is 1. The third-order valence-corrected chi connectivity index (χ3v) is 7.67. The number of carbonyl (C=O) groups excluding carboxylic acids is 2. The Morgan fingerprint density at radius 1 is 1.03 bits per heavy atom. The van der Waals surface area contributed by atoms with Crippen molar-refractivity contribution in [3.8, 4) is 0 Å². The van der Waals surface area contributed by atoms with E-state index in [1.165, 1.54) is 6.42 Å². The second kappa shape index (κ2) is 10.7. The van der Waals surface area contributed by atoms with Gasteiger partial charge in [0.1, 0.15) is 0 Å². The van der Waals surface area contributed by atoms with Gasteiger partial charge in [-0.05, 0) is 55.4 Å². The predicted octanol–water partition coefficient (Wildman–Crippen LogP) is 3.80. The number of nitrogens with one attached hydrogen (secondary N) is 2. The number of carbonyl (C=O) groups is 2. The van der Waals surface area contributed by atoms with Gasteiger partial charge in [0.2, 0.25) is 5.91 Å². The number of β-amino-alcohol motifs (C(OH)–C–C–N with tert-alkyl or cyclic N) is 1. The maximum atomic E-state index is 14.2. The molecule has 2 fully saturated rings. The van der Waals surface area contributed by atoms with Crippen molar-refractivity contribution in [1.82, 2.24) is 15.6 Å². The summed E-state index contributed by atoms with van der Waals surface area (Å²) in [6, 6.07) is 11.1. The van der Waals surface area contributed by atoms with E-state index in [0.717, 1.165) is 31.2 Å². The van der Waals surface area contributed by atoms with Gasteiger partial charge in [-0.3, -0.25) is 19.5 Å². The van der Waals surface area contributed by atoms with Gasteiger partial charge < -0.3 is 15.7 Å². The third-order valence-electron chi connectivity index (χ3n) is 7.67. The molecule has 3 atom stereocenters. The molecule has 36 heavy (non-hydrogen) atoms. The van der Waals surface area contributed by atoms with Gasteiger partial charge in [0.25, 0.3) is 5.91 Å². The van der Waals surface area contributed by atoms with E-state index in [4.69, 9.17) is 0 Å². The monoisotopic (exact) mass is 492 g/mol. The molecule has 2 amide bonds. The Bertz CT molecular complexity index is 1040. The number of hydrogen-bond acceptors (Lipinski definition) is 5. The molecular weight excluding hydrogens is 452 g/mol. The minimum atomic E-state index is -1.33. The smallest absolute Gasteiger partial charge is 0.251 e. The lowest BCUT2D eigenvalue weighted by Crippen LogP contribution is -2.61. The summed E-state index contributed by atoms with van der Waals surface area (Å²) in [6.45, 7) is 8.60. The van der Waals surface area contributed by atoms with Gasteiger partial charge in [-0.15, -0.1) is 0 Å². The highest BCUT2D eigenvalue weighted by Crippen LogP contribution is 2.36. The summed E-state index contributed by atoms with van der Waals surface area (Å²) in [5.74, 6) is -0.450. The first kappa shape index (κ1) is 26.3. The van der Waals surface area contributed by atoms with E-state index < -0.39 is 17.7 Å². The van der Waals surface area contributed by atoms with Crippen molar-refractivity contribution in [2.45, 2.75) is 95.4 Å². The van der Waals surface area contributed by atoms with Crippen molar-refractivity contribution in [2.75, 3.05) is 11.4 Å². The second-order valence-electron chi connectivity index (χ2n) is 11.4. The van der Waals surface area contributed by atoms with Gasteiger partial charge in [-0.1, -0.05) is 58.2 Å². The Balaban J connectivity index is 1.80. The molecule has 3 N–H and O–H groups in total. The molecule has 194 valence electrons. The normalized spacial score (nSPS) is 22.6. The van der Waals surface area contributed by atoms with Crippen molar-refractivity contribution in [2.24, 2.45) is 0 Å². The van der Waals surface area contributed by atoms with Crippen LogP contribution in [0.3, 0.4) is 0 Å². The minimum absolute atomic E-state index is 0.0461. The average molecular weight is 493 g/mol. The van der Waals surface area contributed by atoms with Crippen LogP contribution in [0.15, 0.2) is 48.8 Å². The number of aliphatic hydroxyl groups excluding tert-OH is 1. The van der Waals surface area contributed by atoms with E-state index in [9.17, 15) is 14.7 Å². The zero-order valence-electron chi connectivity index (χ0n) is 22.0. The minimum Gasteiger partial charge on any atom is -0.392 e. The molecule has 7 nitrogen and oxygen atoms in total. The van der Waals surface area contributed by atoms with Gasteiger partial charge in [0, 0.05) is 36.2 Å². The third kappa shape index (κ3) is 5.47. The average Bonchev–Trinajstić information content (AvgIpc) is 3.31. The Labute approximate surface area is 214 Å². The molecule has 0 spiro atoms. The molecule has 0 bridgehead atoms. The van der Waals surface area contributed by atoms with Crippen LogP contribution < -0.4 is 15.5 Å². The number of aliphatic hydroxyl groups is 1. The zero-order chi connectivity index (χ0) is 25.9. The fourth-order valence-corrected chi connectivity index (χ4v) is 5.36. The summed E-state index contributed by atoms with van der Waals surface area (Å²) in [7, 11) is 0. The first-order chi connectivity index (χ1) is 17.1. The largest absolute Gasteiger partial charge is 0.392 e. The van der Waals surface area contributed by atoms with Crippen LogP contribution in [-0.4, -0.2) is 46.6 Å². The molecule has 1 aromatic carbocycles. The molecule has 2 aromatic rings. The summed E-state index contributed by atoms with van der Waals surface area (Å²) >= 11 is 0. The van der Waals surface area contributed by atoms with Gasteiger partial charge in [-0.2, -0.15) is 0 Å². The van der Waals surface area contributed by atoms with Crippen LogP contribution in [0, 0.1) is 0 Å². The first-order valence-electron chi connectivity index (χ1n) is 13.2. The van der Waals surface area contributed by atoms with Crippen molar-refractivity contribution < 1.29 is 14.7 Å². The second-order valence-corrected chi connectivity index (χ2v) is 11.4. The summed E-state index contributed by atoms with van der Waals surface area (Å²) < 4.78 is 0. The van der Waals surface area contributed by atoms with E-state index in [1.54, 1.807) is 23.4 Å². The van der Waals surface area contributed by atoms with Gasteiger partial charge in [0.05, 0.1) is 12.1 Å².